The second-order valence-corrected chi connectivity index (χ2v) is 4.47. The molecule has 2 N–H and O–H groups in total. The van der Waals surface area contributed by atoms with Crippen LogP contribution in [0, 0.1) is 17.0 Å². The molecule has 110 valence electrons. The quantitative estimate of drug-likeness (QED) is 0.642. The highest BCUT2D eigenvalue weighted by molar-refractivity contribution is 5.93. The maximum absolute atomic E-state index is 11.2. The summed E-state index contributed by atoms with van der Waals surface area (Å²) in [4.78, 5) is 25.0. The van der Waals surface area contributed by atoms with Gasteiger partial charge in [0.2, 0.25) is 0 Å². The molecule has 2 rings (SSSR count). The number of anilines is 1. The number of nitrogens with zero attached hydrogens (tertiary/aromatic N) is 2. The molecule has 21 heavy (non-hydrogen) atoms. The Labute approximate surface area is 119 Å². The Morgan fingerprint density at radius 1 is 1.52 bits per heavy atom. The first-order valence-corrected chi connectivity index (χ1v) is 6.09. The number of hydrogen-bond donors (Lipinski definition) is 2. The molecule has 0 aliphatic carbocycles. The van der Waals surface area contributed by atoms with E-state index in [0.717, 1.165) is 18.0 Å². The number of nitrogens with one attached hydrogen (secondary N) is 1. The summed E-state index contributed by atoms with van der Waals surface area (Å²) >= 11 is 0. The summed E-state index contributed by atoms with van der Waals surface area (Å²) < 4.78 is 5.43. The molecule has 2 heterocycles. The number of hydrogen-bond acceptors (Lipinski definition) is 6. The van der Waals surface area contributed by atoms with E-state index in [4.69, 9.17) is 9.52 Å². The lowest BCUT2D eigenvalue weighted by molar-refractivity contribution is -0.385. The monoisotopic (exact) mass is 291 g/mol. The molecule has 0 saturated carbocycles. The van der Waals surface area contributed by atoms with Gasteiger partial charge in [-0.2, -0.15) is 0 Å². The van der Waals surface area contributed by atoms with Crippen molar-refractivity contribution < 1.29 is 19.2 Å². The predicted octanol–water partition coefficient (Wildman–Crippen LogP) is 2.76. The van der Waals surface area contributed by atoms with Gasteiger partial charge in [-0.05, 0) is 26.0 Å². The summed E-state index contributed by atoms with van der Waals surface area (Å²) in [5, 5.41) is 22.7. The maximum Gasteiger partial charge on any atom is 0.339 e. The molecule has 2 aromatic heterocycles. The van der Waals surface area contributed by atoms with E-state index < -0.39 is 10.9 Å². The molecule has 0 spiro atoms. The van der Waals surface area contributed by atoms with Crippen LogP contribution in [0.25, 0.3) is 0 Å². The highest BCUT2D eigenvalue weighted by Crippen LogP contribution is 2.24. The first-order valence-electron chi connectivity index (χ1n) is 6.09. The fraction of sp³-hybridized carbons (Fsp3) is 0.231. The number of aryl methyl sites for hydroxylation is 1. The number of nitro groups is 1. The van der Waals surface area contributed by atoms with Gasteiger partial charge >= 0.3 is 5.97 Å². The molecule has 0 aliphatic rings. The zero-order valence-corrected chi connectivity index (χ0v) is 11.4. The number of carboxylic acids is 1. The Kier molecular flexibility index (Phi) is 3.88. The fourth-order valence-corrected chi connectivity index (χ4v) is 1.79. The van der Waals surface area contributed by atoms with Crippen LogP contribution in [-0.2, 0) is 0 Å². The number of aromatic nitrogens is 1. The van der Waals surface area contributed by atoms with E-state index in [1.54, 1.807) is 26.0 Å². The molecule has 0 bridgehead atoms. The summed E-state index contributed by atoms with van der Waals surface area (Å²) in [6, 6.07) is 4.19. The van der Waals surface area contributed by atoms with Crippen LogP contribution in [0.4, 0.5) is 11.5 Å². The zero-order chi connectivity index (χ0) is 15.6. The highest BCUT2D eigenvalue weighted by atomic mass is 16.6. The topological polar surface area (TPSA) is 118 Å². The highest BCUT2D eigenvalue weighted by Gasteiger charge is 2.20. The van der Waals surface area contributed by atoms with E-state index in [2.05, 4.69) is 10.3 Å². The average molecular weight is 291 g/mol. The van der Waals surface area contributed by atoms with Crippen LogP contribution in [0.1, 0.15) is 34.8 Å². The van der Waals surface area contributed by atoms with Gasteiger partial charge in [-0.25, -0.2) is 9.78 Å². The third kappa shape index (κ3) is 3.16. The van der Waals surface area contributed by atoms with E-state index in [1.165, 1.54) is 0 Å². The molecule has 8 nitrogen and oxygen atoms in total. The first kappa shape index (κ1) is 14.5. The van der Waals surface area contributed by atoms with Gasteiger partial charge < -0.3 is 14.8 Å². The summed E-state index contributed by atoms with van der Waals surface area (Å²) in [6.45, 7) is 3.57. The Balaban J connectivity index is 2.31. The second-order valence-electron chi connectivity index (χ2n) is 4.47. The van der Waals surface area contributed by atoms with E-state index >= 15 is 0 Å². The van der Waals surface area contributed by atoms with Gasteiger partial charge in [0.1, 0.15) is 29.1 Å². The SMILES string of the molecule is Cc1ccc(C(C)Nc2ncc([N+](=O)[O-])cc2C(=O)O)o1. The minimum atomic E-state index is -1.29. The van der Waals surface area contributed by atoms with Crippen molar-refractivity contribution >= 4 is 17.5 Å². The van der Waals surface area contributed by atoms with Gasteiger partial charge in [0.25, 0.3) is 5.69 Å². The van der Waals surface area contributed by atoms with E-state index in [9.17, 15) is 14.9 Å². The molecule has 0 fully saturated rings. The Morgan fingerprint density at radius 3 is 2.76 bits per heavy atom. The van der Waals surface area contributed by atoms with Crippen LogP contribution in [-0.4, -0.2) is 21.0 Å². The largest absolute Gasteiger partial charge is 0.478 e. The number of aromatic carboxylic acids is 1. The lowest BCUT2D eigenvalue weighted by atomic mass is 10.2. The first-order chi connectivity index (χ1) is 9.88. The van der Waals surface area contributed by atoms with Crippen LogP contribution < -0.4 is 5.32 Å². The number of pyridine rings is 1. The van der Waals surface area contributed by atoms with Crippen molar-refractivity contribution in [1.29, 1.82) is 0 Å². The van der Waals surface area contributed by atoms with Crippen LogP contribution in [0.2, 0.25) is 0 Å². The van der Waals surface area contributed by atoms with Crippen LogP contribution in [0.5, 0.6) is 0 Å². The van der Waals surface area contributed by atoms with Gasteiger partial charge in [-0.15, -0.1) is 0 Å². The Bertz CT molecular complexity index is 695. The second kappa shape index (κ2) is 5.61. The number of furan rings is 1. The third-order valence-corrected chi connectivity index (χ3v) is 2.86. The Morgan fingerprint density at radius 2 is 2.24 bits per heavy atom. The molecule has 0 radical (unpaired) electrons. The van der Waals surface area contributed by atoms with Gasteiger partial charge in [0, 0.05) is 6.07 Å². The summed E-state index contributed by atoms with van der Waals surface area (Å²) in [5.41, 5.74) is -0.640. The normalized spacial score (nSPS) is 11.9. The predicted molar refractivity (Wildman–Crippen MR) is 73.3 cm³/mol. The van der Waals surface area contributed by atoms with Crippen molar-refractivity contribution in [2.45, 2.75) is 19.9 Å². The molecule has 0 aliphatic heterocycles. The number of rotatable bonds is 5. The molecular formula is C13H13N3O5. The maximum atomic E-state index is 11.2. The smallest absolute Gasteiger partial charge is 0.339 e. The minimum absolute atomic E-state index is 0.0506. The Hall–Kier alpha value is -2.90. The lowest BCUT2D eigenvalue weighted by Crippen LogP contribution is -2.12. The van der Waals surface area contributed by atoms with Crippen molar-refractivity contribution in [3.05, 3.63) is 51.6 Å². The fourth-order valence-electron chi connectivity index (χ4n) is 1.79. The van der Waals surface area contributed by atoms with Gasteiger partial charge in [-0.1, -0.05) is 0 Å². The van der Waals surface area contributed by atoms with Crippen molar-refractivity contribution in [1.82, 2.24) is 4.98 Å². The van der Waals surface area contributed by atoms with Crippen molar-refractivity contribution in [3.63, 3.8) is 0 Å². The molecule has 0 saturated heterocycles. The zero-order valence-electron chi connectivity index (χ0n) is 11.4. The number of carbonyl (C=O) groups is 1. The van der Waals surface area contributed by atoms with Crippen molar-refractivity contribution in [2.75, 3.05) is 5.32 Å². The molecule has 1 atom stereocenters. The van der Waals surface area contributed by atoms with Gasteiger partial charge in [0.05, 0.1) is 11.0 Å². The summed E-state index contributed by atoms with van der Waals surface area (Å²) in [5.74, 6) is 0.101. The third-order valence-electron chi connectivity index (χ3n) is 2.86. The molecule has 2 aromatic rings. The van der Waals surface area contributed by atoms with Crippen molar-refractivity contribution in [3.8, 4) is 0 Å². The van der Waals surface area contributed by atoms with E-state index in [-0.39, 0.29) is 23.1 Å². The van der Waals surface area contributed by atoms with Gasteiger partial charge in [-0.3, -0.25) is 10.1 Å². The summed E-state index contributed by atoms with van der Waals surface area (Å²) in [7, 11) is 0. The van der Waals surface area contributed by atoms with Crippen LogP contribution in [0.15, 0.2) is 28.8 Å². The molecule has 0 aromatic carbocycles. The average Bonchev–Trinajstić information content (AvgIpc) is 2.85. The molecule has 0 amide bonds. The van der Waals surface area contributed by atoms with E-state index in [1.807, 2.05) is 0 Å². The molecular weight excluding hydrogens is 278 g/mol. The minimum Gasteiger partial charge on any atom is -0.478 e. The molecule has 8 heteroatoms. The standard InChI is InChI=1S/C13H13N3O5/c1-7-3-4-11(21-7)8(2)15-12-10(13(17)18)5-9(6-14-12)16(19)20/h3-6,8H,1-2H3,(H,14,15)(H,17,18). The summed E-state index contributed by atoms with van der Waals surface area (Å²) in [6.07, 6.45) is 1.01. The van der Waals surface area contributed by atoms with E-state index in [0.29, 0.717) is 5.76 Å². The number of carboxylic acid groups (broad SMARTS) is 1. The van der Waals surface area contributed by atoms with Gasteiger partial charge in [0.15, 0.2) is 0 Å². The lowest BCUT2D eigenvalue weighted by Gasteiger charge is -2.13. The van der Waals surface area contributed by atoms with Crippen LogP contribution >= 0.6 is 0 Å². The molecule has 1 unspecified atom stereocenters. The van der Waals surface area contributed by atoms with Crippen LogP contribution in [0.3, 0.4) is 0 Å². The van der Waals surface area contributed by atoms with Crippen molar-refractivity contribution in [2.24, 2.45) is 0 Å².